The first-order chi connectivity index (χ1) is 11.8. The maximum absolute atomic E-state index is 4.56. The van der Waals surface area contributed by atoms with Crippen molar-refractivity contribution in [3.8, 4) is 11.1 Å². The van der Waals surface area contributed by atoms with Crippen LogP contribution in [0.25, 0.3) is 21.3 Å². The highest BCUT2D eigenvalue weighted by molar-refractivity contribution is 7.98. The number of thiophene rings is 1. The average Bonchev–Trinajstić information content (AvgIpc) is 3.07. The molecule has 4 rings (SSSR count). The Morgan fingerprint density at radius 3 is 2.54 bits per heavy atom. The summed E-state index contributed by atoms with van der Waals surface area (Å²) < 4.78 is 0. The molecule has 0 saturated heterocycles. The van der Waals surface area contributed by atoms with Crippen molar-refractivity contribution in [2.45, 2.75) is 17.7 Å². The molecule has 0 bridgehead atoms. The van der Waals surface area contributed by atoms with Crippen LogP contribution in [0.15, 0.2) is 71.3 Å². The zero-order valence-electron chi connectivity index (χ0n) is 13.3. The van der Waals surface area contributed by atoms with Crippen LogP contribution >= 0.6 is 23.1 Å². The van der Waals surface area contributed by atoms with Gasteiger partial charge in [0.1, 0.15) is 16.2 Å². The highest BCUT2D eigenvalue weighted by Crippen LogP contribution is 2.38. The third kappa shape index (κ3) is 3.07. The molecule has 0 saturated carbocycles. The number of benzene rings is 2. The van der Waals surface area contributed by atoms with E-state index in [1.54, 1.807) is 29.4 Å². The van der Waals surface area contributed by atoms with Crippen molar-refractivity contribution in [2.24, 2.45) is 0 Å². The monoisotopic (exact) mass is 348 g/mol. The van der Waals surface area contributed by atoms with Gasteiger partial charge in [0.2, 0.25) is 0 Å². The lowest BCUT2D eigenvalue weighted by Crippen LogP contribution is -1.87. The Bertz CT molecular complexity index is 960. The van der Waals surface area contributed by atoms with Crippen molar-refractivity contribution in [1.82, 2.24) is 9.97 Å². The van der Waals surface area contributed by atoms with E-state index in [2.05, 4.69) is 70.8 Å². The molecule has 0 amide bonds. The summed E-state index contributed by atoms with van der Waals surface area (Å²) >= 11 is 3.46. The normalized spacial score (nSPS) is 11.0. The highest BCUT2D eigenvalue weighted by atomic mass is 32.2. The van der Waals surface area contributed by atoms with Gasteiger partial charge in [0.05, 0.1) is 5.39 Å². The molecule has 0 fully saturated rings. The number of aromatic nitrogens is 2. The molecule has 0 aliphatic carbocycles. The SMILES string of the molecule is Cc1ccc(CSc2ncnc3scc(-c4ccccc4)c23)cc1. The quantitative estimate of drug-likeness (QED) is 0.336. The summed E-state index contributed by atoms with van der Waals surface area (Å²) in [4.78, 5) is 10.1. The van der Waals surface area contributed by atoms with Crippen molar-refractivity contribution in [3.63, 3.8) is 0 Å². The van der Waals surface area contributed by atoms with Gasteiger partial charge in [0.25, 0.3) is 0 Å². The van der Waals surface area contributed by atoms with Gasteiger partial charge in [-0.1, -0.05) is 60.2 Å². The number of hydrogen-bond acceptors (Lipinski definition) is 4. The van der Waals surface area contributed by atoms with Gasteiger partial charge in [-0.2, -0.15) is 0 Å². The Kier molecular flexibility index (Phi) is 4.32. The topological polar surface area (TPSA) is 25.8 Å². The summed E-state index contributed by atoms with van der Waals surface area (Å²) in [6, 6.07) is 19.2. The lowest BCUT2D eigenvalue weighted by Gasteiger charge is -2.06. The van der Waals surface area contributed by atoms with Crippen LogP contribution in [0.4, 0.5) is 0 Å². The van der Waals surface area contributed by atoms with Crippen molar-refractivity contribution >= 4 is 33.3 Å². The van der Waals surface area contributed by atoms with E-state index in [0.717, 1.165) is 15.6 Å². The molecule has 0 aliphatic rings. The summed E-state index contributed by atoms with van der Waals surface area (Å²) in [6.07, 6.45) is 1.67. The third-order valence-corrected chi connectivity index (χ3v) is 5.86. The first-order valence-corrected chi connectivity index (χ1v) is 9.64. The molecule has 0 N–H and O–H groups in total. The summed E-state index contributed by atoms with van der Waals surface area (Å²) in [6.45, 7) is 2.11. The molecule has 0 spiro atoms. The second-order valence-electron chi connectivity index (χ2n) is 5.65. The summed E-state index contributed by atoms with van der Waals surface area (Å²) in [7, 11) is 0. The van der Waals surface area contributed by atoms with Gasteiger partial charge in [-0.15, -0.1) is 23.1 Å². The molecule has 0 unspecified atom stereocenters. The van der Waals surface area contributed by atoms with Crippen LogP contribution in [0, 0.1) is 6.92 Å². The molecule has 118 valence electrons. The fourth-order valence-electron chi connectivity index (χ4n) is 2.62. The molecule has 0 aliphatic heterocycles. The smallest absolute Gasteiger partial charge is 0.128 e. The minimum absolute atomic E-state index is 0.913. The predicted octanol–water partition coefficient (Wildman–Crippen LogP) is 5.96. The van der Waals surface area contributed by atoms with E-state index in [0.29, 0.717) is 0 Å². The number of hydrogen-bond donors (Lipinski definition) is 0. The van der Waals surface area contributed by atoms with Gasteiger partial charge >= 0.3 is 0 Å². The predicted molar refractivity (Wildman–Crippen MR) is 104 cm³/mol. The lowest BCUT2D eigenvalue weighted by molar-refractivity contribution is 1.11. The van der Waals surface area contributed by atoms with Gasteiger partial charge in [0.15, 0.2) is 0 Å². The summed E-state index contributed by atoms with van der Waals surface area (Å²) in [5.74, 6) is 0.913. The lowest BCUT2D eigenvalue weighted by atomic mass is 10.1. The zero-order valence-corrected chi connectivity index (χ0v) is 14.9. The van der Waals surface area contributed by atoms with Crippen molar-refractivity contribution in [1.29, 1.82) is 0 Å². The van der Waals surface area contributed by atoms with E-state index < -0.39 is 0 Å². The van der Waals surface area contributed by atoms with Gasteiger partial charge in [-0.25, -0.2) is 9.97 Å². The molecule has 4 aromatic rings. The molecule has 0 radical (unpaired) electrons. The number of aryl methyl sites for hydroxylation is 1. The standard InChI is InChI=1S/C20H16N2S2/c1-14-7-9-15(10-8-14)11-23-19-18-17(16-5-3-2-4-6-16)12-24-20(18)22-13-21-19/h2-10,12-13H,11H2,1H3. The Labute approximate surface area is 149 Å². The van der Waals surface area contributed by atoms with Gasteiger partial charge in [-0.3, -0.25) is 0 Å². The minimum atomic E-state index is 0.913. The average molecular weight is 348 g/mol. The van der Waals surface area contributed by atoms with Crippen LogP contribution in [0.2, 0.25) is 0 Å². The Morgan fingerprint density at radius 2 is 1.75 bits per heavy atom. The highest BCUT2D eigenvalue weighted by Gasteiger charge is 2.13. The van der Waals surface area contributed by atoms with E-state index in [9.17, 15) is 0 Å². The van der Waals surface area contributed by atoms with Gasteiger partial charge < -0.3 is 0 Å². The van der Waals surface area contributed by atoms with Crippen molar-refractivity contribution < 1.29 is 0 Å². The first-order valence-electron chi connectivity index (χ1n) is 7.77. The molecule has 2 nitrogen and oxygen atoms in total. The Morgan fingerprint density at radius 1 is 0.958 bits per heavy atom. The number of nitrogens with zero attached hydrogens (tertiary/aromatic N) is 2. The molecular formula is C20H16N2S2. The zero-order chi connectivity index (χ0) is 16.4. The van der Waals surface area contributed by atoms with E-state index in [1.165, 1.54) is 27.6 Å². The van der Waals surface area contributed by atoms with Crippen LogP contribution < -0.4 is 0 Å². The molecular weight excluding hydrogens is 332 g/mol. The van der Waals surface area contributed by atoms with E-state index in [4.69, 9.17) is 0 Å². The molecule has 0 atom stereocenters. The number of rotatable bonds is 4. The Hall–Kier alpha value is -2.17. The largest absolute Gasteiger partial charge is 0.229 e. The molecule has 2 heterocycles. The van der Waals surface area contributed by atoms with E-state index in [1.807, 2.05) is 6.07 Å². The van der Waals surface area contributed by atoms with Gasteiger partial charge in [-0.05, 0) is 18.1 Å². The second-order valence-corrected chi connectivity index (χ2v) is 7.47. The second kappa shape index (κ2) is 6.75. The van der Waals surface area contributed by atoms with Crippen LogP contribution in [0.3, 0.4) is 0 Å². The van der Waals surface area contributed by atoms with Crippen LogP contribution in [-0.4, -0.2) is 9.97 Å². The van der Waals surface area contributed by atoms with Crippen LogP contribution in [0.5, 0.6) is 0 Å². The fourth-order valence-corrected chi connectivity index (χ4v) is 4.57. The van der Waals surface area contributed by atoms with Crippen LogP contribution in [-0.2, 0) is 5.75 Å². The van der Waals surface area contributed by atoms with E-state index in [-0.39, 0.29) is 0 Å². The summed E-state index contributed by atoms with van der Waals surface area (Å²) in [5, 5.41) is 4.41. The van der Waals surface area contributed by atoms with Gasteiger partial charge in [0, 0.05) is 16.7 Å². The maximum atomic E-state index is 4.56. The molecule has 4 heteroatoms. The van der Waals surface area contributed by atoms with E-state index >= 15 is 0 Å². The van der Waals surface area contributed by atoms with Crippen LogP contribution in [0.1, 0.15) is 11.1 Å². The van der Waals surface area contributed by atoms with Crippen molar-refractivity contribution in [2.75, 3.05) is 0 Å². The maximum Gasteiger partial charge on any atom is 0.128 e. The van der Waals surface area contributed by atoms with Crippen molar-refractivity contribution in [3.05, 3.63) is 77.4 Å². The first kappa shape index (κ1) is 15.4. The molecule has 2 aromatic heterocycles. The minimum Gasteiger partial charge on any atom is -0.229 e. The molecule has 24 heavy (non-hydrogen) atoms. The third-order valence-electron chi connectivity index (χ3n) is 3.92. The number of fused-ring (bicyclic) bond motifs is 1. The Balaban J connectivity index is 1.70. The fraction of sp³-hybridized carbons (Fsp3) is 0.100. The summed E-state index contributed by atoms with van der Waals surface area (Å²) in [5.41, 5.74) is 5.05. The molecule has 2 aromatic carbocycles. The number of thioether (sulfide) groups is 1.